The third-order valence-corrected chi connectivity index (χ3v) is 8.51. The monoisotopic (exact) mass is 596 g/mol. The van der Waals surface area contributed by atoms with E-state index in [0.717, 1.165) is 35.1 Å². The molecule has 1 aliphatic carbocycles. The van der Waals surface area contributed by atoms with Crippen molar-refractivity contribution >= 4 is 35.0 Å². The minimum atomic E-state index is -2.17. The topological polar surface area (TPSA) is 93.7 Å². The van der Waals surface area contributed by atoms with Crippen LogP contribution in [0.5, 0.6) is 0 Å². The van der Waals surface area contributed by atoms with Crippen molar-refractivity contribution in [2.24, 2.45) is 5.92 Å². The van der Waals surface area contributed by atoms with Crippen molar-refractivity contribution in [3.8, 4) is 0 Å². The van der Waals surface area contributed by atoms with Crippen LogP contribution in [0.4, 0.5) is 5.69 Å². The van der Waals surface area contributed by atoms with E-state index in [2.05, 4.69) is 78.8 Å². The first kappa shape index (κ1) is 33.7. The zero-order valence-electron chi connectivity index (χ0n) is 26.2. The highest BCUT2D eigenvalue weighted by Crippen LogP contribution is 2.58. The summed E-state index contributed by atoms with van der Waals surface area (Å²) in [7, 11) is 3.75. The van der Waals surface area contributed by atoms with E-state index in [1.165, 1.54) is 43.2 Å². The van der Waals surface area contributed by atoms with Gasteiger partial charge >= 0.3 is 0 Å². The number of hydrogen-bond acceptors (Lipinski definition) is 5. The summed E-state index contributed by atoms with van der Waals surface area (Å²) in [5.74, 6) is 0.528. The van der Waals surface area contributed by atoms with Crippen LogP contribution in [0.2, 0.25) is 0 Å². The molecule has 4 N–H and O–H groups in total. The molecule has 2 aromatic rings. The van der Waals surface area contributed by atoms with Gasteiger partial charge in [0.15, 0.2) is 0 Å². The third kappa shape index (κ3) is 7.98. The number of carbonyl (C=O) groups is 1. The van der Waals surface area contributed by atoms with Crippen molar-refractivity contribution in [2.75, 3.05) is 25.5 Å². The second kappa shape index (κ2) is 15.6. The molecule has 2 unspecified atom stereocenters. The molecule has 0 spiro atoms. The number of anilines is 1. The average Bonchev–Trinajstić information content (AvgIpc) is 2.93. The third-order valence-electron chi connectivity index (χ3n) is 8.09. The molecule has 7 nitrogen and oxygen atoms in total. The molecule has 3 aliphatic rings. The average molecular weight is 597 g/mol. The minimum Gasteiger partial charge on any atom is -0.356 e. The summed E-state index contributed by atoms with van der Waals surface area (Å²) >= 11 is -2.17. The maximum atomic E-state index is 12.0. The molecule has 232 valence electrons. The molecule has 1 fully saturated rings. The van der Waals surface area contributed by atoms with Gasteiger partial charge in [0, 0.05) is 54.6 Å². The maximum Gasteiger partial charge on any atom is 0.259 e. The summed E-state index contributed by atoms with van der Waals surface area (Å²) in [5.41, 5.74) is 6.63. The second-order valence-corrected chi connectivity index (χ2v) is 12.8. The van der Waals surface area contributed by atoms with E-state index in [4.69, 9.17) is 0 Å². The fourth-order valence-electron chi connectivity index (χ4n) is 6.65. The van der Waals surface area contributed by atoms with E-state index in [0.29, 0.717) is 30.2 Å². The predicted octanol–water partition coefficient (Wildman–Crippen LogP) is 6.29. The Kier molecular flexibility index (Phi) is 12.5. The Balaban J connectivity index is 0.000000512. The van der Waals surface area contributed by atoms with Gasteiger partial charge in [-0.25, -0.2) is 4.21 Å². The molecular formula is C34H52N4O3S. The number of benzene rings is 2. The Labute approximate surface area is 257 Å². The Morgan fingerprint density at radius 2 is 1.74 bits per heavy atom. The summed E-state index contributed by atoms with van der Waals surface area (Å²) in [6.07, 6.45) is 10.1. The fraction of sp³-hybridized carbons (Fsp3) is 0.500. The van der Waals surface area contributed by atoms with Crippen LogP contribution in [0.25, 0.3) is 11.8 Å². The van der Waals surface area contributed by atoms with Gasteiger partial charge in [-0.2, -0.15) is 0 Å². The number of carbonyl (C=O) groups excluding carboxylic acids is 1. The predicted molar refractivity (Wildman–Crippen MR) is 180 cm³/mol. The molecule has 0 radical (unpaired) electrons. The van der Waals surface area contributed by atoms with Crippen LogP contribution in [0.1, 0.15) is 83.5 Å². The highest BCUT2D eigenvalue weighted by molar-refractivity contribution is 7.77. The molecule has 2 heterocycles. The smallest absolute Gasteiger partial charge is 0.259 e. The fourth-order valence-corrected chi connectivity index (χ4v) is 6.98. The summed E-state index contributed by atoms with van der Waals surface area (Å²) < 4.78 is 22.9. The first-order valence-electron chi connectivity index (χ1n) is 15.1. The summed E-state index contributed by atoms with van der Waals surface area (Å²) in [4.78, 5) is 14.4. The van der Waals surface area contributed by atoms with E-state index in [-0.39, 0.29) is 6.97 Å². The number of aldehydes is 1. The molecule has 0 amide bonds. The van der Waals surface area contributed by atoms with E-state index in [9.17, 15) is 13.6 Å². The van der Waals surface area contributed by atoms with Gasteiger partial charge in [0.25, 0.3) is 11.3 Å². The van der Waals surface area contributed by atoms with Crippen molar-refractivity contribution < 1.29 is 15.0 Å². The second-order valence-electron chi connectivity index (χ2n) is 12.1. The molecule has 0 aromatic heterocycles. The van der Waals surface area contributed by atoms with Gasteiger partial charge in [0.05, 0.1) is 5.54 Å². The first-order chi connectivity index (χ1) is 20.1. The van der Waals surface area contributed by atoms with E-state index in [1.807, 2.05) is 38.4 Å². The van der Waals surface area contributed by atoms with Gasteiger partial charge in [0.1, 0.15) is 6.29 Å². The molecule has 2 aliphatic heterocycles. The normalized spacial score (nSPS) is 21.3. The van der Waals surface area contributed by atoms with Gasteiger partial charge in [-0.1, -0.05) is 89.9 Å². The Bertz CT molecular complexity index is 1270. The van der Waals surface area contributed by atoms with E-state index >= 15 is 0 Å². The van der Waals surface area contributed by atoms with Crippen LogP contribution in [0, 0.1) is 5.92 Å². The zero-order chi connectivity index (χ0) is 30.9. The Morgan fingerprint density at radius 1 is 1.10 bits per heavy atom. The minimum absolute atomic E-state index is 0. The maximum absolute atomic E-state index is 12.0. The Morgan fingerprint density at radius 3 is 2.31 bits per heavy atom. The van der Waals surface area contributed by atoms with E-state index < -0.39 is 11.3 Å². The lowest BCUT2D eigenvalue weighted by Crippen LogP contribution is -2.62. The number of fused-ring (bicyclic) bond motifs is 5. The molecule has 2 aromatic carbocycles. The van der Waals surface area contributed by atoms with Crippen LogP contribution in [-0.4, -0.2) is 47.8 Å². The lowest BCUT2D eigenvalue weighted by atomic mass is 9.61. The van der Waals surface area contributed by atoms with Crippen molar-refractivity contribution in [3.05, 3.63) is 76.9 Å². The highest BCUT2D eigenvalue weighted by atomic mass is 32.2. The van der Waals surface area contributed by atoms with Gasteiger partial charge in [-0.15, -0.1) is 0 Å². The molecule has 5 rings (SSSR count). The molecule has 0 saturated heterocycles. The lowest BCUT2D eigenvalue weighted by molar-refractivity contribution is -0.104. The summed E-state index contributed by atoms with van der Waals surface area (Å²) in [6, 6.07) is 15.9. The van der Waals surface area contributed by atoms with Crippen molar-refractivity contribution in [1.82, 2.24) is 15.4 Å². The van der Waals surface area contributed by atoms with Crippen molar-refractivity contribution in [3.63, 3.8) is 0 Å². The first-order valence-corrected chi connectivity index (χ1v) is 16.2. The highest BCUT2D eigenvalue weighted by Gasteiger charge is 2.54. The van der Waals surface area contributed by atoms with Crippen LogP contribution in [-0.2, 0) is 28.0 Å². The van der Waals surface area contributed by atoms with Gasteiger partial charge < -0.3 is 15.5 Å². The number of rotatable bonds is 7. The molecule has 8 heteroatoms. The molecule has 0 bridgehead atoms. The number of nitrogens with zero attached hydrogens (tertiary/aromatic N) is 1. The van der Waals surface area contributed by atoms with Gasteiger partial charge in [-0.05, 0) is 56.1 Å². The summed E-state index contributed by atoms with van der Waals surface area (Å²) in [6.45, 7) is 13.1. The Hall–Kier alpha value is -2.78. The van der Waals surface area contributed by atoms with Crippen LogP contribution in [0.15, 0.2) is 54.6 Å². The number of nitrogens with one attached hydrogen (secondary N) is 3. The molecule has 42 heavy (non-hydrogen) atoms. The van der Waals surface area contributed by atoms with Crippen LogP contribution < -0.4 is 20.3 Å². The standard InChI is InChI=1S/C26H28N2O3S.C6H15N.C2H7N.H2/c1-18(27-32(30)31)20-11-12-24-25(14-20)28-16-19(17-29)13-21-7-5-6-8-22(21)15-26(24,28)23-9-3-2-4-10-23;1-5(2)7-6(3)4;1-3-2;/h5-8,11-14,17,23,27H,1-4,9-10,15-16H2,(H,30,31);5-7H,1-4H3;3H,1-2H3;1H/b19-13+;;;. The molecule has 1 saturated carbocycles. The largest absolute Gasteiger partial charge is 0.356 e. The number of hydrogen-bond donors (Lipinski definition) is 4. The van der Waals surface area contributed by atoms with Gasteiger partial charge in [0.2, 0.25) is 0 Å². The SMILES string of the molecule is C=C(NS(=O)O)c1ccc2c(c1)N1C/C(C=O)=C\c3ccccc3CC21C1CCCCC1.CC(C)NC(C)C.CNC.[HH]. The molecule has 2 atom stereocenters. The van der Waals surface area contributed by atoms with Gasteiger partial charge in [-0.3, -0.25) is 14.1 Å². The van der Waals surface area contributed by atoms with Crippen LogP contribution >= 0.6 is 0 Å². The quantitative estimate of drug-likeness (QED) is 0.222. The summed E-state index contributed by atoms with van der Waals surface area (Å²) in [5, 5.41) is 6.06. The van der Waals surface area contributed by atoms with Crippen molar-refractivity contribution in [1.29, 1.82) is 0 Å². The zero-order valence-corrected chi connectivity index (χ0v) is 27.0. The van der Waals surface area contributed by atoms with Crippen LogP contribution in [0.3, 0.4) is 0 Å². The van der Waals surface area contributed by atoms with E-state index in [1.54, 1.807) is 0 Å². The van der Waals surface area contributed by atoms with Crippen molar-refractivity contribution in [2.45, 2.75) is 83.8 Å². The lowest BCUT2D eigenvalue weighted by Gasteiger charge is -2.61. The molecular weight excluding hydrogens is 544 g/mol.